The molecular formula is C19H21NO4S2. The van der Waals surface area contributed by atoms with Gasteiger partial charge >= 0.3 is 0 Å². The van der Waals surface area contributed by atoms with E-state index in [1.807, 2.05) is 41.8 Å². The van der Waals surface area contributed by atoms with Gasteiger partial charge in [-0.2, -0.15) is 0 Å². The zero-order valence-corrected chi connectivity index (χ0v) is 16.0. The Hall–Kier alpha value is -1.86. The van der Waals surface area contributed by atoms with Crippen molar-refractivity contribution in [2.45, 2.75) is 30.6 Å². The summed E-state index contributed by atoms with van der Waals surface area (Å²) in [6, 6.07) is 11.5. The fourth-order valence-corrected chi connectivity index (χ4v) is 6.66. The van der Waals surface area contributed by atoms with Crippen molar-refractivity contribution in [2.75, 3.05) is 18.8 Å². The second-order valence-corrected chi connectivity index (χ2v) is 10.0. The Balaban J connectivity index is 1.48. The van der Waals surface area contributed by atoms with Crippen LogP contribution in [0.5, 0.6) is 5.75 Å². The molecule has 0 N–H and O–H groups in total. The first-order chi connectivity index (χ1) is 12.5. The Morgan fingerprint density at radius 2 is 1.96 bits per heavy atom. The number of thiophene rings is 1. The van der Waals surface area contributed by atoms with Crippen LogP contribution in [-0.4, -0.2) is 44.2 Å². The van der Waals surface area contributed by atoms with Crippen molar-refractivity contribution in [2.24, 2.45) is 0 Å². The van der Waals surface area contributed by atoms with E-state index in [0.717, 1.165) is 22.6 Å². The molecule has 2 atom stereocenters. The van der Waals surface area contributed by atoms with Crippen LogP contribution in [0.1, 0.15) is 28.5 Å². The molecule has 1 aromatic carbocycles. The van der Waals surface area contributed by atoms with Crippen molar-refractivity contribution in [1.29, 1.82) is 0 Å². The molecule has 4 rings (SSSR count). The van der Waals surface area contributed by atoms with Gasteiger partial charge in [0.15, 0.2) is 15.9 Å². The lowest BCUT2D eigenvalue weighted by molar-refractivity contribution is -0.139. The maximum Gasteiger partial charge on any atom is 0.263 e. The third-order valence-corrected chi connectivity index (χ3v) is 8.35. The Labute approximate surface area is 157 Å². The number of fused-ring (bicyclic) bond motifs is 1. The van der Waals surface area contributed by atoms with Gasteiger partial charge in [0.05, 0.1) is 11.0 Å². The Kier molecular flexibility index (Phi) is 4.75. The van der Waals surface area contributed by atoms with Gasteiger partial charge in [-0.05, 0) is 42.3 Å². The zero-order valence-electron chi connectivity index (χ0n) is 14.3. The fraction of sp³-hybridized carbons (Fsp3) is 0.421. The van der Waals surface area contributed by atoms with Crippen LogP contribution in [0.2, 0.25) is 0 Å². The maximum absolute atomic E-state index is 12.9. The number of sulfone groups is 1. The summed E-state index contributed by atoms with van der Waals surface area (Å²) in [4.78, 5) is 15.5. The quantitative estimate of drug-likeness (QED) is 0.790. The predicted octanol–water partition coefficient (Wildman–Crippen LogP) is 2.83. The fourth-order valence-electron chi connectivity index (χ4n) is 3.66. The van der Waals surface area contributed by atoms with E-state index < -0.39 is 21.2 Å². The van der Waals surface area contributed by atoms with Crippen LogP contribution < -0.4 is 4.74 Å². The molecule has 138 valence electrons. The third kappa shape index (κ3) is 3.38. The van der Waals surface area contributed by atoms with Crippen LogP contribution in [0.25, 0.3) is 0 Å². The lowest BCUT2D eigenvalue weighted by Gasteiger charge is -2.30. The summed E-state index contributed by atoms with van der Waals surface area (Å²) in [6.07, 6.45) is 1.35. The average molecular weight is 392 g/mol. The topological polar surface area (TPSA) is 63.7 Å². The van der Waals surface area contributed by atoms with Crippen LogP contribution in [0, 0.1) is 0 Å². The summed E-state index contributed by atoms with van der Waals surface area (Å²) >= 11 is 1.46. The molecule has 1 aromatic heterocycles. The van der Waals surface area contributed by atoms with Crippen LogP contribution in [0.15, 0.2) is 41.8 Å². The number of carbonyl (C=O) groups excluding carboxylic acids is 1. The lowest BCUT2D eigenvalue weighted by Crippen LogP contribution is -2.44. The van der Waals surface area contributed by atoms with E-state index in [9.17, 15) is 13.2 Å². The number of para-hydroxylation sites is 1. The summed E-state index contributed by atoms with van der Waals surface area (Å²) in [6.45, 7) is 0.687. The molecule has 7 heteroatoms. The van der Waals surface area contributed by atoms with E-state index in [4.69, 9.17) is 4.74 Å². The van der Waals surface area contributed by atoms with Crippen LogP contribution in [-0.2, 0) is 21.1 Å². The van der Waals surface area contributed by atoms with Crippen molar-refractivity contribution < 1.29 is 17.9 Å². The van der Waals surface area contributed by atoms with Crippen molar-refractivity contribution in [3.63, 3.8) is 0 Å². The normalized spacial score (nSPS) is 25.0. The van der Waals surface area contributed by atoms with E-state index >= 15 is 0 Å². The standard InChI is InChI=1S/C19H21NO4S2/c21-19(16-8-7-14-4-1-2-5-15(14)24-16)20-10-9-18(17-6-3-12-25-17)26(22,23)13-11-20/h1-6,12,16,18H,7-11,13H2/t16-,18+/m0/s1. The van der Waals surface area contributed by atoms with Crippen molar-refractivity contribution in [3.05, 3.63) is 52.2 Å². The zero-order chi connectivity index (χ0) is 18.1. The molecule has 1 fully saturated rings. The molecule has 0 bridgehead atoms. The highest BCUT2D eigenvalue weighted by molar-refractivity contribution is 7.91. The van der Waals surface area contributed by atoms with Crippen molar-refractivity contribution in [3.8, 4) is 5.75 Å². The molecule has 2 aliphatic heterocycles. The number of rotatable bonds is 2. The average Bonchev–Trinajstić information content (AvgIpc) is 3.12. The highest BCUT2D eigenvalue weighted by Gasteiger charge is 2.36. The first-order valence-electron chi connectivity index (χ1n) is 8.83. The summed E-state index contributed by atoms with van der Waals surface area (Å²) in [5.74, 6) is 0.669. The molecule has 26 heavy (non-hydrogen) atoms. The largest absolute Gasteiger partial charge is 0.480 e. The summed E-state index contributed by atoms with van der Waals surface area (Å²) in [5, 5.41) is 1.39. The first-order valence-corrected chi connectivity index (χ1v) is 11.4. The van der Waals surface area contributed by atoms with Gasteiger partial charge in [0.1, 0.15) is 5.75 Å². The minimum absolute atomic E-state index is 0.00458. The summed E-state index contributed by atoms with van der Waals surface area (Å²) in [5.41, 5.74) is 1.12. The molecule has 2 aromatic rings. The third-order valence-electron chi connectivity index (χ3n) is 5.11. The minimum atomic E-state index is -3.25. The number of amides is 1. The number of nitrogens with zero attached hydrogens (tertiary/aromatic N) is 1. The van der Waals surface area contributed by atoms with E-state index in [0.29, 0.717) is 19.4 Å². The second kappa shape index (κ2) is 7.04. The highest BCUT2D eigenvalue weighted by atomic mass is 32.2. The van der Waals surface area contributed by atoms with E-state index in [1.54, 1.807) is 4.90 Å². The first kappa shape index (κ1) is 17.5. The smallest absolute Gasteiger partial charge is 0.263 e. The highest BCUT2D eigenvalue weighted by Crippen LogP contribution is 2.33. The van der Waals surface area contributed by atoms with E-state index in [2.05, 4.69) is 0 Å². The molecule has 1 amide bonds. The summed E-state index contributed by atoms with van der Waals surface area (Å²) < 4.78 is 31.2. The SMILES string of the molecule is O=C([C@@H]1CCc2ccccc2O1)N1CC[C@H](c2cccs2)S(=O)(=O)CC1. The minimum Gasteiger partial charge on any atom is -0.480 e. The Morgan fingerprint density at radius 1 is 1.12 bits per heavy atom. The molecule has 0 spiro atoms. The van der Waals surface area contributed by atoms with Gasteiger partial charge in [0.2, 0.25) is 0 Å². The van der Waals surface area contributed by atoms with Gasteiger partial charge in [0, 0.05) is 18.0 Å². The van der Waals surface area contributed by atoms with Gasteiger partial charge in [-0.1, -0.05) is 24.3 Å². The Morgan fingerprint density at radius 3 is 2.77 bits per heavy atom. The van der Waals surface area contributed by atoms with Gasteiger partial charge in [-0.15, -0.1) is 11.3 Å². The monoisotopic (exact) mass is 391 g/mol. The number of aryl methyl sites for hydroxylation is 1. The van der Waals surface area contributed by atoms with Gasteiger partial charge in [-0.3, -0.25) is 4.79 Å². The number of benzene rings is 1. The molecule has 0 aliphatic carbocycles. The van der Waals surface area contributed by atoms with Gasteiger partial charge in [0.25, 0.3) is 5.91 Å². The molecule has 0 radical (unpaired) electrons. The van der Waals surface area contributed by atoms with Crippen molar-refractivity contribution >= 4 is 27.1 Å². The van der Waals surface area contributed by atoms with Crippen LogP contribution in [0.3, 0.4) is 0 Å². The van der Waals surface area contributed by atoms with E-state index in [1.165, 1.54) is 11.3 Å². The molecule has 2 aliphatic rings. The number of hydrogen-bond donors (Lipinski definition) is 0. The van der Waals surface area contributed by atoms with Crippen LogP contribution >= 0.6 is 11.3 Å². The Bertz CT molecular complexity index is 892. The lowest BCUT2D eigenvalue weighted by atomic mass is 10.0. The molecule has 0 unspecified atom stereocenters. The molecular weight excluding hydrogens is 370 g/mol. The van der Waals surface area contributed by atoms with Gasteiger partial charge in [-0.25, -0.2) is 8.42 Å². The maximum atomic E-state index is 12.9. The molecule has 0 saturated carbocycles. The number of carbonyl (C=O) groups is 1. The molecule has 1 saturated heterocycles. The number of hydrogen-bond acceptors (Lipinski definition) is 5. The van der Waals surface area contributed by atoms with Crippen molar-refractivity contribution in [1.82, 2.24) is 4.90 Å². The molecule has 3 heterocycles. The van der Waals surface area contributed by atoms with Gasteiger partial charge < -0.3 is 9.64 Å². The summed E-state index contributed by atoms with van der Waals surface area (Å²) in [7, 11) is -3.25. The second-order valence-electron chi connectivity index (χ2n) is 6.74. The van der Waals surface area contributed by atoms with E-state index in [-0.39, 0.29) is 18.2 Å². The molecule has 5 nitrogen and oxygen atoms in total. The predicted molar refractivity (Wildman–Crippen MR) is 101 cm³/mol. The number of ether oxygens (including phenoxy) is 1. The van der Waals surface area contributed by atoms with Crippen LogP contribution in [0.4, 0.5) is 0 Å².